The second-order valence-corrected chi connectivity index (χ2v) is 28.7. The van der Waals surface area contributed by atoms with Crippen LogP contribution in [-0.2, 0) is 154 Å². The number of benzene rings is 1. The van der Waals surface area contributed by atoms with Crippen LogP contribution in [0.4, 0.5) is 0 Å². The van der Waals surface area contributed by atoms with E-state index in [9.17, 15) is 96.5 Å². The zero-order chi connectivity index (χ0) is 93.0. The summed E-state index contributed by atoms with van der Waals surface area (Å²) in [5, 5.41) is 50.3. The van der Waals surface area contributed by atoms with Gasteiger partial charge in [0.1, 0.15) is 85.6 Å². The van der Waals surface area contributed by atoms with Gasteiger partial charge in [0, 0.05) is 67.9 Å². The Labute approximate surface area is 704 Å². The van der Waals surface area contributed by atoms with Crippen LogP contribution in [0.3, 0.4) is 0 Å². The smallest absolute Gasteiger partial charge is 0.305 e. The van der Waals surface area contributed by atoms with Gasteiger partial charge in [-0.05, 0) is 55.7 Å². The maximum atomic E-state index is 15.4. The molecule has 0 radical (unpaired) electrons. The molecule has 49 heteroatoms. The Morgan fingerprint density at radius 3 is 1.42 bits per heavy atom. The van der Waals surface area contributed by atoms with Gasteiger partial charge < -0.3 is 144 Å². The number of nitrogens with one attached hydrogen (secondary N) is 11. The molecule has 0 saturated carbocycles. The number of carbonyl (C=O) groups excluding carboxylic acids is 19. The van der Waals surface area contributed by atoms with Gasteiger partial charge in [-0.3, -0.25) is 101 Å². The molecule has 2 aliphatic rings. The second kappa shape index (κ2) is 51.3. The third-order valence-corrected chi connectivity index (χ3v) is 18.5. The number of nitrogens with two attached hydrogens (primary N) is 5. The predicted octanol–water partition coefficient (Wildman–Crippen LogP) is -7.63. The molecule has 0 unspecified atom stereocenters. The third-order valence-electron chi connectivity index (χ3n) is 18.5. The summed E-state index contributed by atoms with van der Waals surface area (Å²) in [5.41, 5.74) is 28.0. The van der Waals surface area contributed by atoms with Crippen LogP contribution in [-0.4, -0.2) is 284 Å². The van der Waals surface area contributed by atoms with Crippen molar-refractivity contribution in [1.29, 1.82) is 5.41 Å². The van der Waals surface area contributed by atoms with Crippen molar-refractivity contribution in [3.05, 3.63) is 29.8 Å². The number of hydrogen-bond acceptors (Lipinski definition) is 34. The maximum Gasteiger partial charge on any atom is 0.305 e. The zero-order valence-corrected chi connectivity index (χ0v) is 69.8. The quantitative estimate of drug-likeness (QED) is 0.00947. The van der Waals surface area contributed by atoms with Gasteiger partial charge in [0.05, 0.1) is 32.0 Å². The van der Waals surface area contributed by atoms with Crippen LogP contribution in [0, 0.1) is 17.2 Å². The fourth-order valence-electron chi connectivity index (χ4n) is 12.0. The van der Waals surface area contributed by atoms with Gasteiger partial charge in [-0.25, -0.2) is 0 Å². The van der Waals surface area contributed by atoms with E-state index in [0.717, 1.165) is 48.5 Å². The molecule has 1 aromatic carbocycles. The number of esters is 7. The van der Waals surface area contributed by atoms with Gasteiger partial charge in [-0.15, -0.1) is 0 Å². The Kier molecular flexibility index (Phi) is 43.7. The molecule has 23 N–H and O–H groups in total. The Bertz CT molecular complexity index is 3950. The second-order valence-electron chi connectivity index (χ2n) is 28.7. The van der Waals surface area contributed by atoms with Gasteiger partial charge in [0.15, 0.2) is 49.1 Å². The number of aliphatic carboxylic acids is 1. The van der Waals surface area contributed by atoms with E-state index < -0.39 is 298 Å². The Balaban J connectivity index is 2.32. The first-order valence-corrected chi connectivity index (χ1v) is 38.7. The molecule has 123 heavy (non-hydrogen) atoms. The van der Waals surface area contributed by atoms with Gasteiger partial charge in [-0.2, -0.15) is 0 Å². The highest BCUT2D eigenvalue weighted by Crippen LogP contribution is 2.36. The minimum absolute atomic E-state index is 0.0323. The van der Waals surface area contributed by atoms with E-state index in [1.165, 1.54) is 45.0 Å². The summed E-state index contributed by atoms with van der Waals surface area (Å²) in [4.78, 5) is 268. The van der Waals surface area contributed by atoms with Crippen molar-refractivity contribution in [3.8, 4) is 5.75 Å². The Morgan fingerprint density at radius 1 is 0.472 bits per heavy atom. The molecule has 49 nitrogen and oxygen atoms in total. The van der Waals surface area contributed by atoms with Crippen molar-refractivity contribution in [2.75, 3.05) is 32.9 Å². The first-order chi connectivity index (χ1) is 57.5. The van der Waals surface area contributed by atoms with Crippen LogP contribution in [0.1, 0.15) is 140 Å². The average molecular weight is 1750 g/mol. The van der Waals surface area contributed by atoms with Crippen LogP contribution in [0.5, 0.6) is 5.75 Å². The molecular weight excluding hydrogens is 1640 g/mol. The van der Waals surface area contributed by atoms with E-state index in [1.807, 2.05) is 0 Å². The minimum Gasteiger partial charge on any atom is -0.508 e. The van der Waals surface area contributed by atoms with Gasteiger partial charge in [-0.1, -0.05) is 52.7 Å². The first kappa shape index (κ1) is 105. The first-order valence-electron chi connectivity index (χ1n) is 38.7. The third kappa shape index (κ3) is 36.8. The number of carboxylic acids is 1. The van der Waals surface area contributed by atoms with Crippen LogP contribution >= 0.6 is 0 Å². The van der Waals surface area contributed by atoms with Crippen molar-refractivity contribution >= 4 is 125 Å². The molecule has 2 fully saturated rings. The maximum absolute atomic E-state index is 15.4. The summed E-state index contributed by atoms with van der Waals surface area (Å²) >= 11 is 0. The van der Waals surface area contributed by atoms with Crippen molar-refractivity contribution in [2.24, 2.45) is 40.5 Å². The number of hydrogen-bond donors (Lipinski definition) is 18. The SMILES string of the molecule is CC[C@H](C)[C@H](NC(=O)CNC(=O)[C@H](Cc1ccc(O)cc1)NC(=O)[C@@H](N)CC(=O)O)C(=O)N[C@@H](CO[C@@H]1O[C@H](COC(C)=O)[C@H](O[C@H]2O[C@H](COC(C)=O)[C@H](OC(C)=O)[C@H](OC(C)=O)[C@H]2OC(C)=O)[C@H](OC(C)=O)[C@H]1OC(C)=O)C(=O)N[C@@H](CCC(N)=O)C(=O)N[C@H](C(=O)N[C@@H](CC(N)=O)C(=O)N[C@@H](C)C(=O)N[C@@H](CCCNC(=N)N)C(N)=O)[C@@H](C)CC. The van der Waals surface area contributed by atoms with E-state index >= 15 is 9.59 Å². The zero-order valence-electron chi connectivity index (χ0n) is 69.8. The number of rotatable bonds is 50. The number of amides is 12. The van der Waals surface area contributed by atoms with Crippen LogP contribution in [0.15, 0.2) is 24.3 Å². The summed E-state index contributed by atoms with van der Waals surface area (Å²) in [7, 11) is 0. The number of primary amides is 3. The molecule has 21 atom stereocenters. The predicted molar refractivity (Wildman–Crippen MR) is 415 cm³/mol. The van der Waals surface area contributed by atoms with Gasteiger partial charge in [0.2, 0.25) is 70.9 Å². The normalized spacial score (nSPS) is 21.0. The Hall–Kier alpha value is -12.5. The van der Waals surface area contributed by atoms with Crippen LogP contribution in [0.25, 0.3) is 0 Å². The lowest BCUT2D eigenvalue weighted by Gasteiger charge is -2.48. The number of guanidine groups is 1. The van der Waals surface area contributed by atoms with E-state index in [0.29, 0.717) is 5.56 Å². The number of phenols is 1. The van der Waals surface area contributed by atoms with Gasteiger partial charge >= 0.3 is 47.8 Å². The van der Waals surface area contributed by atoms with Crippen molar-refractivity contribution in [3.63, 3.8) is 0 Å². The van der Waals surface area contributed by atoms with E-state index in [1.54, 1.807) is 13.8 Å². The number of phenolic OH excluding ortho intramolecular Hbond substituents is 1. The lowest BCUT2D eigenvalue weighted by molar-refractivity contribution is -0.361. The summed E-state index contributed by atoms with van der Waals surface area (Å²) in [6, 6.07) is -10.5. The Morgan fingerprint density at radius 2 is 0.927 bits per heavy atom. The molecule has 0 aliphatic carbocycles. The van der Waals surface area contributed by atoms with E-state index in [-0.39, 0.29) is 50.4 Å². The standard InChI is InChI=1S/C74H112N16O33/c1-13-31(3)55(89-53(101)27-82-66(107)46(24-41-17-19-42(98)20-18-41)86-65(106)43(75)25-54(102)103)70(111)88-48(69(110)85-45(21-22-51(76)99)67(108)90-56(32(4)14-2)71(112)87-47(26-52(77)100)68(109)83-33(5)64(105)84-44(63(78)104)16-15-23-81-74(79)80)28-115-72-61(119-39(11)96)60(118-38(10)95)58(50(121-72)30-114-35(7)92)123-73-62(120-40(12)97)59(117-37(9)94)57(116-36(8)93)49(122-73)29-113-34(6)91/h17-20,31-33,43-50,55-62,72-73,98H,13-16,21-30,75H2,1-12H3,(H2,76,99)(H2,77,100)(H2,78,104)(H,82,107)(H,83,109)(H,84,105)(H,85,110)(H,86,106)(H,87,112)(H,88,111)(H,89,101)(H,90,108)(H,102,103)(H4,79,80,81)/t31-,32-,33-,43-,44-,45-,46-,47-,48-,49+,50+,55-,56-,57-,58-,59-,60-,61+,62+,72+,73+/m0/s1. The van der Waals surface area contributed by atoms with Gasteiger partial charge in [0.25, 0.3) is 0 Å². The fourth-order valence-corrected chi connectivity index (χ4v) is 12.0. The number of ether oxygens (including phenoxy) is 11. The molecule has 0 bridgehead atoms. The molecule has 3 rings (SSSR count). The minimum atomic E-state index is -2.28. The van der Waals surface area contributed by atoms with E-state index in [2.05, 4.69) is 53.2 Å². The summed E-state index contributed by atoms with van der Waals surface area (Å²) in [6.07, 6.45) is -23.5. The van der Waals surface area contributed by atoms with Crippen LogP contribution < -0.4 is 81.8 Å². The molecule has 1 aromatic rings. The summed E-state index contributed by atoms with van der Waals surface area (Å²) in [5.74, 6) is -25.4. The molecule has 0 spiro atoms. The number of carboxylic acid groups (broad SMARTS) is 1. The molecule has 2 heterocycles. The van der Waals surface area contributed by atoms with Crippen molar-refractivity contribution in [1.82, 2.24) is 53.2 Å². The summed E-state index contributed by atoms with van der Waals surface area (Å²) < 4.78 is 63.8. The van der Waals surface area contributed by atoms with Crippen LogP contribution in [0.2, 0.25) is 0 Å². The number of carbonyl (C=O) groups is 20. The molecule has 2 saturated heterocycles. The monoisotopic (exact) mass is 1750 g/mol. The molecule has 0 aromatic heterocycles. The topological polar surface area (TPSA) is 758 Å². The highest BCUT2D eigenvalue weighted by atomic mass is 16.8. The molecule has 2 aliphatic heterocycles. The summed E-state index contributed by atoms with van der Waals surface area (Å²) in [6.45, 7) is 9.57. The average Bonchev–Trinajstić information content (AvgIpc) is 0.763. The highest BCUT2D eigenvalue weighted by molar-refractivity contribution is 6.00. The molecule has 12 amide bonds. The highest BCUT2D eigenvalue weighted by Gasteiger charge is 2.58. The van der Waals surface area contributed by atoms with Crippen molar-refractivity contribution < 1.29 is 158 Å². The largest absolute Gasteiger partial charge is 0.508 e. The van der Waals surface area contributed by atoms with Crippen molar-refractivity contribution in [2.45, 2.75) is 257 Å². The van der Waals surface area contributed by atoms with E-state index in [4.69, 9.17) is 86.2 Å². The molecular formula is C74H112N16O33. The molecule has 686 valence electrons. The fraction of sp³-hybridized carbons (Fsp3) is 0.635. The lowest BCUT2D eigenvalue weighted by Crippen LogP contribution is -2.67. The number of aromatic hydroxyl groups is 1. The lowest BCUT2D eigenvalue weighted by atomic mass is 9.96.